The van der Waals surface area contributed by atoms with Gasteiger partial charge in [0.25, 0.3) is 0 Å². The molecule has 1 aliphatic rings. The number of amides is 1. The van der Waals surface area contributed by atoms with Crippen LogP contribution in [0.4, 0.5) is 13.2 Å². The van der Waals surface area contributed by atoms with Crippen molar-refractivity contribution in [1.29, 1.82) is 0 Å². The van der Waals surface area contributed by atoms with Crippen LogP contribution in [0.5, 0.6) is 0 Å². The lowest BCUT2D eigenvalue weighted by atomic mass is 10.0. The normalized spacial score (nSPS) is 18.4. The summed E-state index contributed by atoms with van der Waals surface area (Å²) >= 11 is 0. The second-order valence-electron chi connectivity index (χ2n) is 6.31. The SMILES string of the molecule is C[C@@H]1CCCN(C(=O)Cn2nnc(-c3ccc(C(F)(F)F)cc3)n2)C1. The van der Waals surface area contributed by atoms with E-state index in [2.05, 4.69) is 22.3 Å². The molecule has 0 unspecified atom stereocenters. The Bertz CT molecular complexity index is 741. The molecule has 3 rings (SSSR count). The van der Waals surface area contributed by atoms with Crippen molar-refractivity contribution < 1.29 is 18.0 Å². The highest BCUT2D eigenvalue weighted by atomic mass is 19.4. The molecule has 2 aromatic rings. The van der Waals surface area contributed by atoms with E-state index in [9.17, 15) is 18.0 Å². The molecule has 2 heterocycles. The Balaban J connectivity index is 1.67. The summed E-state index contributed by atoms with van der Waals surface area (Å²) in [5.41, 5.74) is -0.323. The summed E-state index contributed by atoms with van der Waals surface area (Å²) in [6, 6.07) is 4.52. The second-order valence-corrected chi connectivity index (χ2v) is 6.31. The van der Waals surface area contributed by atoms with E-state index in [4.69, 9.17) is 0 Å². The van der Waals surface area contributed by atoms with Gasteiger partial charge < -0.3 is 4.90 Å². The van der Waals surface area contributed by atoms with Crippen LogP contribution < -0.4 is 0 Å². The monoisotopic (exact) mass is 353 g/mol. The molecule has 1 amide bonds. The third kappa shape index (κ3) is 4.15. The molecular formula is C16H18F3N5O. The molecule has 134 valence electrons. The first kappa shape index (κ1) is 17.4. The van der Waals surface area contributed by atoms with Crippen molar-refractivity contribution in [2.45, 2.75) is 32.5 Å². The van der Waals surface area contributed by atoms with Gasteiger partial charge in [0.2, 0.25) is 11.7 Å². The predicted molar refractivity (Wildman–Crippen MR) is 83.2 cm³/mol. The molecule has 0 bridgehead atoms. The third-order valence-electron chi connectivity index (χ3n) is 4.21. The molecule has 0 spiro atoms. The summed E-state index contributed by atoms with van der Waals surface area (Å²) in [4.78, 5) is 15.2. The van der Waals surface area contributed by atoms with Gasteiger partial charge in [0, 0.05) is 18.7 Å². The van der Waals surface area contributed by atoms with Crippen LogP contribution in [0.2, 0.25) is 0 Å². The average molecular weight is 353 g/mol. The van der Waals surface area contributed by atoms with Crippen LogP contribution in [0.1, 0.15) is 25.3 Å². The molecule has 25 heavy (non-hydrogen) atoms. The number of hydrogen-bond donors (Lipinski definition) is 0. The lowest BCUT2D eigenvalue weighted by Gasteiger charge is -2.30. The first-order chi connectivity index (χ1) is 11.8. The predicted octanol–water partition coefficient (Wildman–Crippen LogP) is 2.62. The number of hydrogen-bond acceptors (Lipinski definition) is 4. The van der Waals surface area contributed by atoms with E-state index in [1.807, 2.05) is 0 Å². The summed E-state index contributed by atoms with van der Waals surface area (Å²) < 4.78 is 37.8. The Morgan fingerprint density at radius 1 is 1.28 bits per heavy atom. The van der Waals surface area contributed by atoms with Crippen molar-refractivity contribution in [2.75, 3.05) is 13.1 Å². The van der Waals surface area contributed by atoms with E-state index in [0.717, 1.165) is 38.1 Å². The van der Waals surface area contributed by atoms with Crippen LogP contribution in [-0.4, -0.2) is 44.1 Å². The van der Waals surface area contributed by atoms with Crippen molar-refractivity contribution in [3.8, 4) is 11.4 Å². The number of likely N-dealkylation sites (tertiary alicyclic amines) is 1. The van der Waals surface area contributed by atoms with E-state index in [0.29, 0.717) is 11.5 Å². The van der Waals surface area contributed by atoms with Crippen molar-refractivity contribution in [3.63, 3.8) is 0 Å². The molecule has 1 aliphatic heterocycles. The fraction of sp³-hybridized carbons (Fsp3) is 0.500. The van der Waals surface area contributed by atoms with Gasteiger partial charge in [-0.05, 0) is 36.1 Å². The van der Waals surface area contributed by atoms with Gasteiger partial charge in [-0.25, -0.2) is 0 Å². The molecule has 1 saturated heterocycles. The van der Waals surface area contributed by atoms with Crippen LogP contribution in [-0.2, 0) is 17.5 Å². The first-order valence-corrected chi connectivity index (χ1v) is 8.06. The molecule has 1 atom stereocenters. The number of benzene rings is 1. The zero-order valence-corrected chi connectivity index (χ0v) is 13.7. The first-order valence-electron chi connectivity index (χ1n) is 8.06. The Hall–Kier alpha value is -2.45. The zero-order chi connectivity index (χ0) is 18.0. The lowest BCUT2D eigenvalue weighted by Crippen LogP contribution is -2.41. The van der Waals surface area contributed by atoms with Gasteiger partial charge in [-0.1, -0.05) is 19.1 Å². The number of carbonyl (C=O) groups excluding carboxylic acids is 1. The number of halogens is 3. The molecule has 0 radical (unpaired) electrons. The Morgan fingerprint density at radius 3 is 2.64 bits per heavy atom. The third-order valence-corrected chi connectivity index (χ3v) is 4.21. The number of rotatable bonds is 3. The highest BCUT2D eigenvalue weighted by Gasteiger charge is 2.30. The van der Waals surface area contributed by atoms with Crippen molar-refractivity contribution in [1.82, 2.24) is 25.1 Å². The minimum atomic E-state index is -4.39. The maximum Gasteiger partial charge on any atom is 0.416 e. The number of aromatic nitrogens is 4. The average Bonchev–Trinajstić information content (AvgIpc) is 3.02. The highest BCUT2D eigenvalue weighted by molar-refractivity contribution is 5.75. The highest BCUT2D eigenvalue weighted by Crippen LogP contribution is 2.30. The molecule has 1 fully saturated rings. The molecule has 1 aromatic carbocycles. The number of carbonyl (C=O) groups is 1. The maximum atomic E-state index is 12.6. The molecule has 0 N–H and O–H groups in total. The van der Waals surface area contributed by atoms with Gasteiger partial charge in [0.1, 0.15) is 6.54 Å². The standard InChI is InChI=1S/C16H18F3N5O/c1-11-3-2-8-23(9-11)14(25)10-24-21-15(20-22-24)12-4-6-13(7-5-12)16(17,18)19/h4-7,11H,2-3,8-10H2,1H3/t11-/m1/s1. The van der Waals surface area contributed by atoms with E-state index < -0.39 is 11.7 Å². The van der Waals surface area contributed by atoms with E-state index in [1.165, 1.54) is 16.9 Å². The Kier molecular flexibility index (Phi) is 4.73. The maximum absolute atomic E-state index is 12.6. The number of tetrazole rings is 1. The lowest BCUT2D eigenvalue weighted by molar-refractivity contribution is -0.137. The second kappa shape index (κ2) is 6.81. The Labute approximate surface area is 142 Å². The Morgan fingerprint density at radius 2 is 2.00 bits per heavy atom. The minimum absolute atomic E-state index is 0.0274. The molecule has 9 heteroatoms. The molecule has 0 aliphatic carbocycles. The van der Waals surface area contributed by atoms with Crippen molar-refractivity contribution >= 4 is 5.91 Å². The zero-order valence-electron chi connectivity index (χ0n) is 13.7. The number of alkyl halides is 3. The van der Waals surface area contributed by atoms with E-state index >= 15 is 0 Å². The molecule has 1 aromatic heterocycles. The van der Waals surface area contributed by atoms with Gasteiger partial charge >= 0.3 is 6.18 Å². The topological polar surface area (TPSA) is 63.9 Å². The van der Waals surface area contributed by atoms with Crippen LogP contribution in [0.25, 0.3) is 11.4 Å². The minimum Gasteiger partial charge on any atom is -0.341 e. The van der Waals surface area contributed by atoms with Gasteiger partial charge in [0.05, 0.1) is 5.56 Å². The van der Waals surface area contributed by atoms with Gasteiger partial charge in [0.15, 0.2) is 0 Å². The largest absolute Gasteiger partial charge is 0.416 e. The molecule has 6 nitrogen and oxygen atoms in total. The summed E-state index contributed by atoms with van der Waals surface area (Å²) in [6.07, 6.45) is -2.29. The fourth-order valence-electron chi connectivity index (χ4n) is 2.87. The number of piperidine rings is 1. The van der Waals surface area contributed by atoms with Gasteiger partial charge in [-0.15, -0.1) is 10.2 Å². The smallest absolute Gasteiger partial charge is 0.341 e. The number of nitrogens with zero attached hydrogens (tertiary/aromatic N) is 5. The van der Waals surface area contributed by atoms with Gasteiger partial charge in [-0.3, -0.25) is 4.79 Å². The summed E-state index contributed by atoms with van der Waals surface area (Å²) in [6.45, 7) is 3.53. The molecule has 0 saturated carbocycles. The fourth-order valence-corrected chi connectivity index (χ4v) is 2.87. The summed E-state index contributed by atoms with van der Waals surface area (Å²) in [7, 11) is 0. The van der Waals surface area contributed by atoms with E-state index in [1.54, 1.807) is 4.90 Å². The summed E-state index contributed by atoms with van der Waals surface area (Å²) in [5, 5.41) is 11.7. The van der Waals surface area contributed by atoms with Crippen LogP contribution in [0.15, 0.2) is 24.3 Å². The van der Waals surface area contributed by atoms with E-state index in [-0.39, 0.29) is 18.3 Å². The van der Waals surface area contributed by atoms with Crippen molar-refractivity contribution in [3.05, 3.63) is 29.8 Å². The molecular weight excluding hydrogens is 335 g/mol. The quantitative estimate of drug-likeness (QED) is 0.851. The van der Waals surface area contributed by atoms with Crippen LogP contribution >= 0.6 is 0 Å². The van der Waals surface area contributed by atoms with Crippen molar-refractivity contribution in [2.24, 2.45) is 5.92 Å². The van der Waals surface area contributed by atoms with Gasteiger partial charge in [-0.2, -0.15) is 18.0 Å². The van der Waals surface area contributed by atoms with Crippen LogP contribution in [0, 0.1) is 5.92 Å². The summed E-state index contributed by atoms with van der Waals surface area (Å²) in [5.74, 6) is 0.584. The van der Waals surface area contributed by atoms with Crippen LogP contribution in [0.3, 0.4) is 0 Å².